The van der Waals surface area contributed by atoms with Crippen molar-refractivity contribution in [3.63, 3.8) is 0 Å². The molecular weight excluding hydrogens is 318 g/mol. The maximum Gasteiger partial charge on any atom is 0.276 e. The lowest BCUT2D eigenvalue weighted by Crippen LogP contribution is -2.18. The van der Waals surface area contributed by atoms with Gasteiger partial charge in [-0.25, -0.2) is 0 Å². The maximum atomic E-state index is 12.2. The third kappa shape index (κ3) is 4.76. The predicted molar refractivity (Wildman–Crippen MR) is 96.6 cm³/mol. The summed E-state index contributed by atoms with van der Waals surface area (Å²) in [7, 11) is 0. The van der Waals surface area contributed by atoms with E-state index in [4.69, 9.17) is 0 Å². The molecule has 2 aromatic rings. The van der Waals surface area contributed by atoms with Gasteiger partial charge in [0.25, 0.3) is 5.91 Å². The fraction of sp³-hybridized carbons (Fsp3) is 0.333. The van der Waals surface area contributed by atoms with Gasteiger partial charge >= 0.3 is 0 Å². The highest BCUT2D eigenvalue weighted by molar-refractivity contribution is 6.03. The standard InChI is InChI=1S/C18H21N5O2/c1-12(24)19-14-6-8-15(9-7-14)21-18(25)16-10-11-17(23-22-16)20-13-4-2-3-5-13/h6-11,13H,2-5H2,1H3,(H,19,24)(H,20,23)(H,21,25). The minimum Gasteiger partial charge on any atom is -0.366 e. The molecule has 1 fully saturated rings. The van der Waals surface area contributed by atoms with Gasteiger partial charge in [-0.1, -0.05) is 12.8 Å². The molecule has 2 amide bonds. The molecule has 0 aliphatic heterocycles. The van der Waals surface area contributed by atoms with Crippen LogP contribution in [0.4, 0.5) is 17.2 Å². The Labute approximate surface area is 146 Å². The number of nitrogens with zero attached hydrogens (tertiary/aromatic N) is 2. The summed E-state index contributed by atoms with van der Waals surface area (Å²) >= 11 is 0. The molecule has 0 atom stereocenters. The van der Waals surface area contributed by atoms with E-state index in [9.17, 15) is 9.59 Å². The summed E-state index contributed by atoms with van der Waals surface area (Å²) in [4.78, 5) is 23.2. The van der Waals surface area contributed by atoms with E-state index in [1.807, 2.05) is 0 Å². The van der Waals surface area contributed by atoms with E-state index >= 15 is 0 Å². The fourth-order valence-corrected chi connectivity index (χ4v) is 2.84. The first-order valence-electron chi connectivity index (χ1n) is 8.39. The highest BCUT2D eigenvalue weighted by Crippen LogP contribution is 2.21. The topological polar surface area (TPSA) is 96.0 Å². The van der Waals surface area contributed by atoms with Gasteiger partial charge in [0, 0.05) is 24.3 Å². The average Bonchev–Trinajstić information content (AvgIpc) is 3.10. The number of hydrogen-bond donors (Lipinski definition) is 3. The average molecular weight is 339 g/mol. The molecule has 7 heteroatoms. The first kappa shape index (κ1) is 16.9. The quantitative estimate of drug-likeness (QED) is 0.778. The molecule has 1 saturated carbocycles. The molecule has 1 aliphatic rings. The Bertz CT molecular complexity index is 737. The van der Waals surface area contributed by atoms with Crippen LogP contribution < -0.4 is 16.0 Å². The Kier molecular flexibility index (Phi) is 5.23. The number of anilines is 3. The van der Waals surface area contributed by atoms with E-state index < -0.39 is 0 Å². The van der Waals surface area contributed by atoms with Crippen LogP contribution in [0.15, 0.2) is 36.4 Å². The van der Waals surface area contributed by atoms with Crippen molar-refractivity contribution in [1.82, 2.24) is 10.2 Å². The Hall–Kier alpha value is -2.96. The molecule has 1 aliphatic carbocycles. The lowest BCUT2D eigenvalue weighted by Gasteiger charge is -2.12. The highest BCUT2D eigenvalue weighted by atomic mass is 16.2. The van der Waals surface area contributed by atoms with Gasteiger partial charge in [0.15, 0.2) is 5.69 Å². The van der Waals surface area contributed by atoms with E-state index in [0.29, 0.717) is 23.2 Å². The van der Waals surface area contributed by atoms with Crippen molar-refractivity contribution in [1.29, 1.82) is 0 Å². The van der Waals surface area contributed by atoms with Gasteiger partial charge in [-0.05, 0) is 49.2 Å². The van der Waals surface area contributed by atoms with Crippen LogP contribution in [0.2, 0.25) is 0 Å². The van der Waals surface area contributed by atoms with Gasteiger partial charge in [0.2, 0.25) is 5.91 Å². The van der Waals surface area contributed by atoms with Crippen LogP contribution in [-0.4, -0.2) is 28.1 Å². The van der Waals surface area contributed by atoms with Crippen molar-refractivity contribution in [2.75, 3.05) is 16.0 Å². The molecule has 1 aromatic carbocycles. The summed E-state index contributed by atoms with van der Waals surface area (Å²) in [5.41, 5.74) is 1.55. The molecule has 3 rings (SSSR count). The minimum absolute atomic E-state index is 0.140. The lowest BCUT2D eigenvalue weighted by atomic mass is 10.2. The SMILES string of the molecule is CC(=O)Nc1ccc(NC(=O)c2ccc(NC3CCCC3)nn2)cc1. The molecular formula is C18H21N5O2. The molecule has 130 valence electrons. The molecule has 7 nitrogen and oxygen atoms in total. The second-order valence-corrected chi connectivity index (χ2v) is 6.14. The Morgan fingerprint density at radius 2 is 1.56 bits per heavy atom. The van der Waals surface area contributed by atoms with Gasteiger partial charge in [0.1, 0.15) is 5.82 Å². The van der Waals surface area contributed by atoms with Gasteiger partial charge in [-0.3, -0.25) is 9.59 Å². The van der Waals surface area contributed by atoms with Crippen LogP contribution >= 0.6 is 0 Å². The van der Waals surface area contributed by atoms with E-state index in [2.05, 4.69) is 26.1 Å². The molecule has 0 spiro atoms. The van der Waals surface area contributed by atoms with Crippen molar-refractivity contribution < 1.29 is 9.59 Å². The van der Waals surface area contributed by atoms with E-state index in [1.54, 1.807) is 36.4 Å². The predicted octanol–water partition coefficient (Wildman–Crippen LogP) is 3.04. The van der Waals surface area contributed by atoms with E-state index in [0.717, 1.165) is 12.8 Å². The first-order chi connectivity index (χ1) is 12.1. The van der Waals surface area contributed by atoms with Crippen LogP contribution in [-0.2, 0) is 4.79 Å². The molecule has 0 radical (unpaired) electrons. The third-order valence-corrected chi connectivity index (χ3v) is 4.07. The summed E-state index contributed by atoms with van der Waals surface area (Å²) in [5, 5.41) is 16.8. The van der Waals surface area contributed by atoms with Crippen LogP contribution in [0.5, 0.6) is 0 Å². The monoisotopic (exact) mass is 339 g/mol. The van der Waals surface area contributed by atoms with Gasteiger partial charge in [-0.15, -0.1) is 10.2 Å². The summed E-state index contributed by atoms with van der Waals surface area (Å²) in [6, 6.07) is 10.8. The summed E-state index contributed by atoms with van der Waals surface area (Å²) in [6.45, 7) is 1.44. The summed E-state index contributed by atoms with van der Waals surface area (Å²) in [6.07, 6.45) is 4.79. The third-order valence-electron chi connectivity index (χ3n) is 4.07. The zero-order chi connectivity index (χ0) is 17.6. The smallest absolute Gasteiger partial charge is 0.276 e. The number of carbonyl (C=O) groups excluding carboxylic acids is 2. The highest BCUT2D eigenvalue weighted by Gasteiger charge is 2.15. The van der Waals surface area contributed by atoms with E-state index in [-0.39, 0.29) is 17.5 Å². The molecule has 1 aromatic heterocycles. The maximum absolute atomic E-state index is 12.2. The van der Waals surface area contributed by atoms with E-state index in [1.165, 1.54) is 19.8 Å². The van der Waals surface area contributed by atoms with Crippen LogP contribution in [0.3, 0.4) is 0 Å². The van der Waals surface area contributed by atoms with Crippen molar-refractivity contribution in [2.45, 2.75) is 38.6 Å². The zero-order valence-corrected chi connectivity index (χ0v) is 14.1. The second-order valence-electron chi connectivity index (χ2n) is 6.14. The molecule has 0 bridgehead atoms. The summed E-state index contributed by atoms with van der Waals surface area (Å²) in [5.74, 6) is 0.230. The minimum atomic E-state index is -0.327. The molecule has 0 unspecified atom stereocenters. The Balaban J connectivity index is 1.57. The van der Waals surface area contributed by atoms with Crippen molar-refractivity contribution >= 4 is 29.0 Å². The number of carbonyl (C=O) groups is 2. The molecule has 25 heavy (non-hydrogen) atoms. The first-order valence-corrected chi connectivity index (χ1v) is 8.39. The fourth-order valence-electron chi connectivity index (χ4n) is 2.84. The number of hydrogen-bond acceptors (Lipinski definition) is 5. The number of nitrogens with one attached hydrogen (secondary N) is 3. The van der Waals surface area contributed by atoms with Crippen molar-refractivity contribution in [3.05, 3.63) is 42.1 Å². The number of aromatic nitrogens is 2. The Morgan fingerprint density at radius 1 is 0.920 bits per heavy atom. The van der Waals surface area contributed by atoms with Gasteiger partial charge in [0.05, 0.1) is 0 Å². The van der Waals surface area contributed by atoms with Crippen molar-refractivity contribution in [3.8, 4) is 0 Å². The molecule has 1 heterocycles. The van der Waals surface area contributed by atoms with Gasteiger partial charge in [-0.2, -0.15) is 0 Å². The molecule has 0 saturated heterocycles. The van der Waals surface area contributed by atoms with Gasteiger partial charge < -0.3 is 16.0 Å². The van der Waals surface area contributed by atoms with Crippen LogP contribution in [0.25, 0.3) is 0 Å². The zero-order valence-electron chi connectivity index (χ0n) is 14.1. The number of amides is 2. The van der Waals surface area contributed by atoms with Crippen molar-refractivity contribution in [2.24, 2.45) is 0 Å². The largest absolute Gasteiger partial charge is 0.366 e. The van der Waals surface area contributed by atoms with Crippen LogP contribution in [0, 0.1) is 0 Å². The molecule has 3 N–H and O–H groups in total. The normalized spacial score (nSPS) is 14.1. The van der Waals surface area contributed by atoms with Crippen LogP contribution in [0.1, 0.15) is 43.1 Å². The Morgan fingerprint density at radius 3 is 2.12 bits per heavy atom. The lowest BCUT2D eigenvalue weighted by molar-refractivity contribution is -0.114. The number of benzene rings is 1. The second kappa shape index (κ2) is 7.74. The summed E-state index contributed by atoms with van der Waals surface area (Å²) < 4.78 is 0. The number of rotatable bonds is 5.